The molecule has 0 aromatic rings. The second-order valence-electron chi connectivity index (χ2n) is 4.12. The first-order valence-corrected chi connectivity index (χ1v) is 4.26. The molecule has 1 unspecified atom stereocenters. The van der Waals surface area contributed by atoms with Crippen molar-refractivity contribution in [1.29, 1.82) is 0 Å². The molecule has 14 heavy (non-hydrogen) atoms. The molecule has 5 heteroatoms. The molecule has 0 amide bonds. The second-order valence-corrected chi connectivity index (χ2v) is 4.12. The van der Waals surface area contributed by atoms with E-state index in [-0.39, 0.29) is 66.7 Å². The largest absolute Gasteiger partial charge is 2.00 e. The van der Waals surface area contributed by atoms with Crippen molar-refractivity contribution in [3.63, 3.8) is 0 Å². The average Bonchev–Trinajstić information content (AvgIpc) is 1.84. The zero-order chi connectivity index (χ0) is 7.78. The molecule has 0 N–H and O–H groups in total. The normalized spacial score (nSPS) is 24.4. The van der Waals surface area contributed by atoms with E-state index in [0.717, 1.165) is 5.92 Å². The molecule has 0 radical (unpaired) electrons. The first kappa shape index (κ1) is 24.9. The van der Waals surface area contributed by atoms with Crippen molar-refractivity contribution in [3.05, 3.63) is 0 Å². The van der Waals surface area contributed by atoms with Crippen LogP contribution < -0.4 is 43.7 Å². The molecule has 1 aliphatic heterocycles. The first-order chi connectivity index (χ1) is 4.55. The monoisotopic (exact) mass is 242 g/mol. The number of hydrogen-bond acceptors (Lipinski definition) is 1. The summed E-state index contributed by atoms with van der Waals surface area (Å²) in [6, 6.07) is 0. The van der Waals surface area contributed by atoms with Gasteiger partial charge in [-0.3, -0.25) is 0 Å². The Morgan fingerprint density at radius 2 is 1.64 bits per heavy atom. The fraction of sp³-hybridized carbons (Fsp3) is 1.00. The molecule has 0 saturated carbocycles. The summed E-state index contributed by atoms with van der Waals surface area (Å²) in [7, 11) is 2.23. The van der Waals surface area contributed by atoms with Crippen LogP contribution in [0.1, 0.15) is 33.6 Å². The fourth-order valence-electron chi connectivity index (χ4n) is 1.65. The third-order valence-electron chi connectivity index (χ3n) is 3.32. The third-order valence-corrected chi connectivity index (χ3v) is 3.32. The summed E-state index contributed by atoms with van der Waals surface area (Å²) in [5, 5.41) is 0. The maximum Gasteiger partial charge on any atom is 2.00 e. The van der Waals surface area contributed by atoms with E-state index in [1.165, 1.54) is 19.4 Å². The molecule has 1 nitrogen and oxygen atoms in total. The van der Waals surface area contributed by atoms with Gasteiger partial charge in [-0.25, -0.2) is 0 Å². The molecule has 0 bridgehead atoms. The number of piperidine rings is 1. The van der Waals surface area contributed by atoms with Gasteiger partial charge in [0.1, 0.15) is 0 Å². The predicted octanol–water partition coefficient (Wildman–Crippen LogP) is -7.24. The van der Waals surface area contributed by atoms with Gasteiger partial charge < -0.3 is 29.7 Å². The van der Waals surface area contributed by atoms with E-state index in [2.05, 4.69) is 32.7 Å². The second kappa shape index (κ2) is 10.1. The summed E-state index contributed by atoms with van der Waals surface area (Å²) in [6.07, 6.45) is 2.78. The van der Waals surface area contributed by atoms with Gasteiger partial charge in [-0.1, -0.05) is 6.92 Å². The number of halogens is 2. The van der Waals surface area contributed by atoms with Gasteiger partial charge in [-0.2, -0.15) is 0 Å². The van der Waals surface area contributed by atoms with Gasteiger partial charge in [0.05, 0.1) is 0 Å². The molecular formula is C9H19Cl2LiMgN+. The minimum absolute atomic E-state index is 0. The van der Waals surface area contributed by atoms with E-state index in [4.69, 9.17) is 0 Å². The van der Waals surface area contributed by atoms with Crippen molar-refractivity contribution in [2.24, 2.45) is 5.92 Å². The minimum Gasteiger partial charge on any atom is -1.00 e. The maximum absolute atomic E-state index is 2.47. The standard InChI is InChI=1S/C9H19N.2ClH.Li.Mg/c1-8-6-5-7-10(4)9(8,2)3;;;;/h8H,5-7H2,1-4H3;2*1H;;/q;;;+1;+2/p-2. The van der Waals surface area contributed by atoms with Crippen LogP contribution >= 0.6 is 0 Å². The summed E-state index contributed by atoms with van der Waals surface area (Å²) in [5.74, 6) is 0.853. The number of nitrogens with zero attached hydrogens (tertiary/aromatic N) is 1. The summed E-state index contributed by atoms with van der Waals surface area (Å²) in [6.45, 7) is 8.32. The molecule has 0 aromatic heterocycles. The zero-order valence-electron chi connectivity index (χ0n) is 10.1. The Morgan fingerprint density at radius 3 is 1.93 bits per heavy atom. The van der Waals surface area contributed by atoms with Crippen LogP contribution in [0.3, 0.4) is 0 Å². The molecular weight excluding hydrogens is 224 g/mol. The Balaban J connectivity index is -0.000000125. The molecule has 1 fully saturated rings. The van der Waals surface area contributed by atoms with E-state index in [0.29, 0.717) is 5.54 Å². The van der Waals surface area contributed by atoms with E-state index in [1.54, 1.807) is 0 Å². The van der Waals surface area contributed by atoms with Crippen LogP contribution in [0.4, 0.5) is 0 Å². The Morgan fingerprint density at radius 1 is 1.21 bits per heavy atom. The first-order valence-electron chi connectivity index (χ1n) is 4.26. The third kappa shape index (κ3) is 5.84. The molecule has 0 aliphatic carbocycles. The topological polar surface area (TPSA) is 3.24 Å². The Hall–Kier alpha value is 1.90. The molecule has 1 rings (SSSR count). The Labute approximate surface area is 129 Å². The smallest absolute Gasteiger partial charge is 1.00 e. The van der Waals surface area contributed by atoms with Crippen molar-refractivity contribution < 1.29 is 43.7 Å². The summed E-state index contributed by atoms with van der Waals surface area (Å²) >= 11 is 0. The number of hydrogen-bond donors (Lipinski definition) is 0. The molecule has 0 aromatic carbocycles. The van der Waals surface area contributed by atoms with Gasteiger partial charge in [0, 0.05) is 5.54 Å². The van der Waals surface area contributed by atoms with Gasteiger partial charge in [0.25, 0.3) is 0 Å². The quantitative estimate of drug-likeness (QED) is 0.382. The molecule has 1 heterocycles. The van der Waals surface area contributed by atoms with Gasteiger partial charge in [-0.05, 0) is 46.2 Å². The van der Waals surface area contributed by atoms with Crippen molar-refractivity contribution >= 4 is 23.1 Å². The molecule has 1 aliphatic rings. The summed E-state index contributed by atoms with van der Waals surface area (Å²) in [5.41, 5.74) is 0.429. The van der Waals surface area contributed by atoms with Gasteiger partial charge in [0.2, 0.25) is 0 Å². The van der Waals surface area contributed by atoms with Gasteiger partial charge in [-0.15, -0.1) is 0 Å². The van der Waals surface area contributed by atoms with Crippen LogP contribution in [0.2, 0.25) is 0 Å². The fourth-order valence-corrected chi connectivity index (χ4v) is 1.65. The van der Waals surface area contributed by atoms with E-state index in [9.17, 15) is 0 Å². The zero-order valence-corrected chi connectivity index (χ0v) is 13.0. The van der Waals surface area contributed by atoms with Crippen molar-refractivity contribution in [2.75, 3.05) is 13.6 Å². The predicted molar refractivity (Wildman–Crippen MR) is 50.9 cm³/mol. The summed E-state index contributed by atoms with van der Waals surface area (Å²) < 4.78 is 0. The van der Waals surface area contributed by atoms with Crippen LogP contribution in [0, 0.1) is 5.92 Å². The van der Waals surface area contributed by atoms with E-state index >= 15 is 0 Å². The van der Waals surface area contributed by atoms with Crippen molar-refractivity contribution in [1.82, 2.24) is 4.90 Å². The van der Waals surface area contributed by atoms with Crippen LogP contribution in [0.15, 0.2) is 0 Å². The Kier molecular flexibility index (Phi) is 18.0. The summed E-state index contributed by atoms with van der Waals surface area (Å²) in [4.78, 5) is 2.47. The molecule has 1 saturated heterocycles. The average molecular weight is 243 g/mol. The maximum atomic E-state index is 2.47. The molecule has 1 atom stereocenters. The molecule has 76 valence electrons. The van der Waals surface area contributed by atoms with Crippen molar-refractivity contribution in [3.8, 4) is 0 Å². The van der Waals surface area contributed by atoms with Gasteiger partial charge in [0.15, 0.2) is 0 Å². The van der Waals surface area contributed by atoms with Crippen LogP contribution in [-0.4, -0.2) is 47.1 Å². The van der Waals surface area contributed by atoms with Crippen molar-refractivity contribution in [2.45, 2.75) is 39.2 Å². The minimum atomic E-state index is 0. The van der Waals surface area contributed by atoms with E-state index in [1.807, 2.05) is 0 Å². The SMILES string of the molecule is CC1CCCN(C)C1(C)C.[Cl-].[Cl-].[Li+].[Mg+2]. The Bertz CT molecular complexity index is 124. The molecule has 0 spiro atoms. The van der Waals surface area contributed by atoms with Crippen LogP contribution in [0.25, 0.3) is 0 Å². The number of likely N-dealkylation sites (tertiary alicyclic amines) is 1. The van der Waals surface area contributed by atoms with Crippen LogP contribution in [0.5, 0.6) is 0 Å². The van der Waals surface area contributed by atoms with Crippen LogP contribution in [-0.2, 0) is 0 Å². The number of rotatable bonds is 0. The van der Waals surface area contributed by atoms with Gasteiger partial charge >= 0.3 is 41.9 Å². The van der Waals surface area contributed by atoms with E-state index < -0.39 is 0 Å².